The van der Waals surface area contributed by atoms with Crippen molar-refractivity contribution < 1.29 is 24.1 Å². The minimum atomic E-state index is 0.869. The zero-order chi connectivity index (χ0) is 6.85. The molecule has 1 aliphatic rings. The molecule has 9 heavy (non-hydrogen) atoms. The summed E-state index contributed by atoms with van der Waals surface area (Å²) in [4.78, 5) is 2.19. The number of hydrogen-bond acceptors (Lipinski definition) is 2. The normalized spacial score (nSPS) is 21.9. The van der Waals surface area contributed by atoms with Crippen molar-refractivity contribution in [3.8, 4) is 0 Å². The molecule has 1 saturated heterocycles. The SMILES string of the molecule is C=C1CN(C)C[C](=[W])O1. The van der Waals surface area contributed by atoms with Gasteiger partial charge in [-0.15, -0.1) is 0 Å². The van der Waals surface area contributed by atoms with Crippen molar-refractivity contribution in [3.63, 3.8) is 0 Å². The molecule has 1 rings (SSSR count). The Morgan fingerprint density at radius 1 is 1.67 bits per heavy atom. The predicted molar refractivity (Wildman–Crippen MR) is 32.7 cm³/mol. The monoisotopic (exact) mass is 295 g/mol. The molecule has 50 valence electrons. The van der Waals surface area contributed by atoms with Gasteiger partial charge >= 0.3 is 65.5 Å². The quantitative estimate of drug-likeness (QED) is 0.630. The van der Waals surface area contributed by atoms with Crippen molar-refractivity contribution >= 4 is 4.08 Å². The van der Waals surface area contributed by atoms with Crippen molar-refractivity contribution in [2.75, 3.05) is 20.1 Å². The molecule has 0 bridgehead atoms. The topological polar surface area (TPSA) is 12.5 Å². The van der Waals surface area contributed by atoms with E-state index in [9.17, 15) is 0 Å². The van der Waals surface area contributed by atoms with Crippen LogP contribution < -0.4 is 0 Å². The van der Waals surface area contributed by atoms with Gasteiger partial charge in [0.15, 0.2) is 0 Å². The van der Waals surface area contributed by atoms with E-state index in [0.717, 1.165) is 22.9 Å². The molecule has 0 unspecified atom stereocenters. The molecular weight excluding hydrogens is 286 g/mol. The third kappa shape index (κ3) is 2.03. The fraction of sp³-hybridized carbons (Fsp3) is 0.500. The summed E-state index contributed by atoms with van der Waals surface area (Å²) in [6.45, 7) is 5.58. The van der Waals surface area contributed by atoms with Crippen LogP contribution in [-0.2, 0) is 24.1 Å². The Bertz CT molecular complexity index is 139. The van der Waals surface area contributed by atoms with E-state index >= 15 is 0 Å². The summed E-state index contributed by atoms with van der Waals surface area (Å²) in [6.07, 6.45) is 0. The second-order valence-electron chi connectivity index (χ2n) is 2.19. The second kappa shape index (κ2) is 2.76. The fourth-order valence-corrected chi connectivity index (χ4v) is 2.02. The van der Waals surface area contributed by atoms with E-state index in [1.54, 1.807) is 0 Å². The number of likely N-dealkylation sites (N-methyl/N-ethyl adjacent to an activating group) is 1. The summed E-state index contributed by atoms with van der Waals surface area (Å²) in [7, 11) is 2.07. The van der Waals surface area contributed by atoms with Crippen LogP contribution in [0.4, 0.5) is 0 Å². The molecule has 1 fully saturated rings. The molecule has 0 aliphatic carbocycles. The molecule has 0 radical (unpaired) electrons. The van der Waals surface area contributed by atoms with Gasteiger partial charge in [0.2, 0.25) is 0 Å². The van der Waals surface area contributed by atoms with E-state index in [-0.39, 0.29) is 0 Å². The third-order valence-corrected chi connectivity index (χ3v) is 1.87. The van der Waals surface area contributed by atoms with Gasteiger partial charge in [-0.3, -0.25) is 0 Å². The minimum absolute atomic E-state index is 0.869. The Morgan fingerprint density at radius 2 is 2.33 bits per heavy atom. The molecule has 0 saturated carbocycles. The Hall–Kier alpha value is 0.0583. The van der Waals surface area contributed by atoms with Gasteiger partial charge in [-0.05, 0) is 0 Å². The van der Waals surface area contributed by atoms with Crippen LogP contribution in [0, 0.1) is 0 Å². The van der Waals surface area contributed by atoms with Crippen LogP contribution in [0.2, 0.25) is 0 Å². The maximum atomic E-state index is 5.27. The van der Waals surface area contributed by atoms with E-state index < -0.39 is 0 Å². The van der Waals surface area contributed by atoms with Gasteiger partial charge in [-0.1, -0.05) is 0 Å². The maximum absolute atomic E-state index is 5.27. The molecule has 3 heteroatoms. The Balaban J connectivity index is 2.53. The van der Waals surface area contributed by atoms with Crippen LogP contribution in [-0.4, -0.2) is 29.1 Å². The van der Waals surface area contributed by atoms with Crippen LogP contribution in [0.1, 0.15) is 0 Å². The Labute approximate surface area is 65.9 Å². The van der Waals surface area contributed by atoms with Gasteiger partial charge in [-0.25, -0.2) is 0 Å². The van der Waals surface area contributed by atoms with E-state index in [2.05, 4.69) is 18.5 Å². The number of ether oxygens (including phenoxy) is 1. The van der Waals surface area contributed by atoms with Crippen LogP contribution in [0.15, 0.2) is 12.3 Å². The Morgan fingerprint density at radius 3 is 2.78 bits per heavy atom. The molecule has 0 spiro atoms. The molecule has 0 N–H and O–H groups in total. The first-order valence-electron chi connectivity index (χ1n) is 2.75. The summed E-state index contributed by atoms with van der Waals surface area (Å²) in [5.74, 6) is 0.869. The second-order valence-corrected chi connectivity index (χ2v) is 3.82. The molecule has 0 aromatic carbocycles. The van der Waals surface area contributed by atoms with Gasteiger partial charge in [0.25, 0.3) is 0 Å². The van der Waals surface area contributed by atoms with E-state index in [1.165, 1.54) is 19.4 Å². The van der Waals surface area contributed by atoms with Crippen molar-refractivity contribution in [2.45, 2.75) is 0 Å². The van der Waals surface area contributed by atoms with Gasteiger partial charge in [-0.2, -0.15) is 0 Å². The Kier molecular flexibility index (Phi) is 2.20. The summed E-state index contributed by atoms with van der Waals surface area (Å²) >= 11 is 1.40. The van der Waals surface area contributed by atoms with Gasteiger partial charge in [0.1, 0.15) is 0 Å². The van der Waals surface area contributed by atoms with Crippen LogP contribution in [0.3, 0.4) is 0 Å². The summed E-state index contributed by atoms with van der Waals surface area (Å²) in [5.41, 5.74) is 0. The van der Waals surface area contributed by atoms with Crippen LogP contribution in [0.5, 0.6) is 0 Å². The van der Waals surface area contributed by atoms with Gasteiger partial charge in [0, 0.05) is 0 Å². The number of hydrogen-bond donors (Lipinski definition) is 0. The van der Waals surface area contributed by atoms with Crippen molar-refractivity contribution in [1.29, 1.82) is 0 Å². The first kappa shape index (κ1) is 7.17. The summed E-state index contributed by atoms with van der Waals surface area (Å²) in [5, 5.41) is 0. The average Bonchev–Trinajstić information content (AvgIpc) is 1.59. The predicted octanol–water partition coefficient (Wildman–Crippen LogP) is 0.139. The molecule has 0 aromatic heterocycles. The zero-order valence-corrected chi connectivity index (χ0v) is 8.32. The molecule has 2 nitrogen and oxygen atoms in total. The van der Waals surface area contributed by atoms with Crippen molar-refractivity contribution in [1.82, 2.24) is 4.90 Å². The standard InChI is InChI=1S/C6H9NO.W/c1-6-5-7(2)3-4-8-6;/h1,3,5H2,2H3;. The number of rotatable bonds is 0. The van der Waals surface area contributed by atoms with Gasteiger partial charge in [0.05, 0.1) is 0 Å². The molecule has 1 heterocycles. The summed E-state index contributed by atoms with van der Waals surface area (Å²) in [6, 6.07) is 0. The third-order valence-electron chi connectivity index (χ3n) is 1.10. The average molecular weight is 295 g/mol. The van der Waals surface area contributed by atoms with Crippen molar-refractivity contribution in [3.05, 3.63) is 12.3 Å². The molecule has 0 aromatic rings. The molecular formula is C6H9NOW. The van der Waals surface area contributed by atoms with Crippen LogP contribution in [0.25, 0.3) is 0 Å². The molecule has 1 aliphatic heterocycles. The number of morpholine rings is 1. The van der Waals surface area contributed by atoms with Gasteiger partial charge < -0.3 is 0 Å². The summed E-state index contributed by atoms with van der Waals surface area (Å²) < 4.78 is 6.39. The molecule has 0 amide bonds. The van der Waals surface area contributed by atoms with Crippen molar-refractivity contribution in [2.24, 2.45) is 0 Å². The zero-order valence-electron chi connectivity index (χ0n) is 5.39. The number of nitrogens with zero attached hydrogens (tertiary/aromatic N) is 1. The van der Waals surface area contributed by atoms with E-state index in [0.29, 0.717) is 0 Å². The first-order chi connectivity index (χ1) is 4.18. The molecule has 0 atom stereocenters. The van der Waals surface area contributed by atoms with E-state index in [4.69, 9.17) is 4.74 Å². The van der Waals surface area contributed by atoms with E-state index in [1.807, 2.05) is 0 Å². The fourth-order valence-electron chi connectivity index (χ4n) is 0.803. The first-order valence-corrected chi connectivity index (χ1v) is 4.22. The van der Waals surface area contributed by atoms with Crippen LogP contribution >= 0.6 is 0 Å².